The molecule has 21 heavy (non-hydrogen) atoms. The van der Waals surface area contributed by atoms with Crippen molar-refractivity contribution in [1.29, 1.82) is 0 Å². The average molecular weight is 296 g/mol. The molecule has 0 bridgehead atoms. The molecule has 6 nitrogen and oxygen atoms in total. The lowest BCUT2D eigenvalue weighted by Crippen LogP contribution is -2.49. The number of aliphatic carboxylic acids is 1. The molecular weight excluding hydrogens is 272 g/mol. The van der Waals surface area contributed by atoms with Gasteiger partial charge in [-0.1, -0.05) is 6.42 Å². The van der Waals surface area contributed by atoms with Crippen LogP contribution in [-0.2, 0) is 14.4 Å². The SMILES string of the molecule is CC(=O)N(C)C1CCN(C(=O)CC2(C(=O)O)CCC2)CC1. The van der Waals surface area contributed by atoms with Crippen LogP contribution < -0.4 is 0 Å². The second-order valence-electron chi connectivity index (χ2n) is 6.36. The number of carbonyl (C=O) groups is 3. The van der Waals surface area contributed by atoms with Gasteiger partial charge >= 0.3 is 5.97 Å². The Bertz CT molecular complexity index is 437. The van der Waals surface area contributed by atoms with Gasteiger partial charge in [-0.05, 0) is 25.7 Å². The van der Waals surface area contributed by atoms with Crippen molar-refractivity contribution in [3.8, 4) is 0 Å². The third kappa shape index (κ3) is 3.19. The van der Waals surface area contributed by atoms with E-state index in [1.807, 2.05) is 0 Å². The van der Waals surface area contributed by atoms with Crippen LogP contribution in [0.2, 0.25) is 0 Å². The van der Waals surface area contributed by atoms with Crippen LogP contribution in [0.5, 0.6) is 0 Å². The highest BCUT2D eigenvalue weighted by atomic mass is 16.4. The van der Waals surface area contributed by atoms with Crippen molar-refractivity contribution in [3.05, 3.63) is 0 Å². The molecule has 1 heterocycles. The Balaban J connectivity index is 1.86. The topological polar surface area (TPSA) is 77.9 Å². The first-order valence-electron chi connectivity index (χ1n) is 7.60. The zero-order chi connectivity index (χ0) is 15.6. The fourth-order valence-corrected chi connectivity index (χ4v) is 3.23. The van der Waals surface area contributed by atoms with Crippen molar-refractivity contribution < 1.29 is 19.5 Å². The first kappa shape index (κ1) is 15.8. The Hall–Kier alpha value is -1.59. The molecule has 1 saturated heterocycles. The number of carboxylic acid groups (broad SMARTS) is 1. The van der Waals surface area contributed by atoms with E-state index in [9.17, 15) is 19.5 Å². The van der Waals surface area contributed by atoms with Crippen LogP contribution in [-0.4, -0.2) is 58.9 Å². The number of rotatable bonds is 4. The Labute approximate surface area is 125 Å². The van der Waals surface area contributed by atoms with Crippen molar-refractivity contribution >= 4 is 17.8 Å². The molecule has 2 aliphatic rings. The number of carbonyl (C=O) groups excluding carboxylic acids is 2. The molecule has 6 heteroatoms. The van der Waals surface area contributed by atoms with Gasteiger partial charge < -0.3 is 14.9 Å². The van der Waals surface area contributed by atoms with Crippen molar-refractivity contribution in [1.82, 2.24) is 9.80 Å². The highest BCUT2D eigenvalue weighted by Gasteiger charge is 2.46. The lowest BCUT2D eigenvalue weighted by molar-refractivity contribution is -0.160. The van der Waals surface area contributed by atoms with Gasteiger partial charge in [-0.15, -0.1) is 0 Å². The molecule has 0 aromatic carbocycles. The van der Waals surface area contributed by atoms with Crippen LogP contribution in [0.1, 0.15) is 45.4 Å². The van der Waals surface area contributed by atoms with Crippen LogP contribution >= 0.6 is 0 Å². The van der Waals surface area contributed by atoms with E-state index in [0.717, 1.165) is 19.3 Å². The van der Waals surface area contributed by atoms with Crippen LogP contribution in [0.4, 0.5) is 0 Å². The van der Waals surface area contributed by atoms with Gasteiger partial charge in [-0.3, -0.25) is 14.4 Å². The van der Waals surface area contributed by atoms with Crippen molar-refractivity contribution in [2.45, 2.75) is 51.5 Å². The molecular formula is C15H24N2O4. The van der Waals surface area contributed by atoms with E-state index in [4.69, 9.17) is 0 Å². The van der Waals surface area contributed by atoms with Crippen LogP contribution in [0.3, 0.4) is 0 Å². The maximum atomic E-state index is 12.3. The average Bonchev–Trinajstić information content (AvgIpc) is 2.41. The highest BCUT2D eigenvalue weighted by molar-refractivity contribution is 5.85. The molecule has 0 unspecified atom stereocenters. The number of nitrogens with zero attached hydrogens (tertiary/aromatic N) is 2. The molecule has 1 aliphatic heterocycles. The van der Waals surface area contributed by atoms with Gasteiger partial charge in [0.05, 0.1) is 5.41 Å². The number of likely N-dealkylation sites (tertiary alicyclic amines) is 1. The molecule has 1 aliphatic carbocycles. The smallest absolute Gasteiger partial charge is 0.310 e. The minimum absolute atomic E-state index is 0.0408. The second kappa shape index (κ2) is 6.03. The summed E-state index contributed by atoms with van der Waals surface area (Å²) in [7, 11) is 1.79. The van der Waals surface area contributed by atoms with Crippen LogP contribution in [0, 0.1) is 5.41 Å². The molecule has 2 fully saturated rings. The summed E-state index contributed by atoms with van der Waals surface area (Å²) >= 11 is 0. The Kier molecular flexibility index (Phi) is 4.54. The summed E-state index contributed by atoms with van der Waals surface area (Å²) in [6.45, 7) is 2.76. The lowest BCUT2D eigenvalue weighted by Gasteiger charge is -2.40. The summed E-state index contributed by atoms with van der Waals surface area (Å²) in [6, 6.07) is 0.184. The number of piperidine rings is 1. The van der Waals surface area contributed by atoms with Gasteiger partial charge in [0.2, 0.25) is 11.8 Å². The van der Waals surface area contributed by atoms with Gasteiger partial charge in [-0.25, -0.2) is 0 Å². The summed E-state index contributed by atoms with van der Waals surface area (Å²) in [6.07, 6.45) is 3.76. The maximum Gasteiger partial charge on any atom is 0.310 e. The van der Waals surface area contributed by atoms with E-state index in [2.05, 4.69) is 0 Å². The molecule has 1 saturated carbocycles. The molecule has 0 atom stereocenters. The molecule has 2 amide bonds. The zero-order valence-corrected chi connectivity index (χ0v) is 12.8. The Morgan fingerprint density at radius 2 is 1.81 bits per heavy atom. The monoisotopic (exact) mass is 296 g/mol. The standard InChI is InChI=1S/C15H24N2O4/c1-11(18)16(2)12-4-8-17(9-5-12)13(19)10-15(14(20)21)6-3-7-15/h12H,3-10H2,1-2H3,(H,20,21). The van der Waals surface area contributed by atoms with E-state index in [-0.39, 0.29) is 24.3 Å². The predicted octanol–water partition coefficient (Wildman–Crippen LogP) is 1.10. The summed E-state index contributed by atoms with van der Waals surface area (Å²) in [5.74, 6) is -0.853. The lowest BCUT2D eigenvalue weighted by atomic mass is 9.66. The second-order valence-corrected chi connectivity index (χ2v) is 6.36. The first-order valence-corrected chi connectivity index (χ1v) is 7.60. The molecule has 0 spiro atoms. The fourth-order valence-electron chi connectivity index (χ4n) is 3.23. The van der Waals surface area contributed by atoms with Gasteiger partial charge in [-0.2, -0.15) is 0 Å². The largest absolute Gasteiger partial charge is 0.481 e. The Morgan fingerprint density at radius 3 is 2.19 bits per heavy atom. The summed E-state index contributed by atoms with van der Waals surface area (Å²) in [5.41, 5.74) is -0.815. The van der Waals surface area contributed by atoms with Crippen molar-refractivity contribution in [2.24, 2.45) is 5.41 Å². The van der Waals surface area contributed by atoms with Gasteiger partial charge in [0.15, 0.2) is 0 Å². The molecule has 2 rings (SSSR count). The first-order chi connectivity index (χ1) is 9.85. The van der Waals surface area contributed by atoms with Crippen LogP contribution in [0.15, 0.2) is 0 Å². The quantitative estimate of drug-likeness (QED) is 0.842. The minimum atomic E-state index is -0.840. The predicted molar refractivity (Wildman–Crippen MR) is 76.6 cm³/mol. The van der Waals surface area contributed by atoms with Gasteiger partial charge in [0.1, 0.15) is 0 Å². The number of hydrogen-bond donors (Lipinski definition) is 1. The van der Waals surface area contributed by atoms with Crippen molar-refractivity contribution in [2.75, 3.05) is 20.1 Å². The van der Waals surface area contributed by atoms with E-state index in [0.29, 0.717) is 25.9 Å². The third-order valence-corrected chi connectivity index (χ3v) is 5.12. The summed E-state index contributed by atoms with van der Waals surface area (Å²) in [4.78, 5) is 38.5. The van der Waals surface area contributed by atoms with Crippen LogP contribution in [0.25, 0.3) is 0 Å². The van der Waals surface area contributed by atoms with E-state index >= 15 is 0 Å². The molecule has 0 aromatic heterocycles. The molecule has 0 aromatic rings. The van der Waals surface area contributed by atoms with Gasteiger partial charge in [0, 0.05) is 39.5 Å². The third-order valence-electron chi connectivity index (χ3n) is 5.12. The highest BCUT2D eigenvalue weighted by Crippen LogP contribution is 2.44. The summed E-state index contributed by atoms with van der Waals surface area (Å²) < 4.78 is 0. The zero-order valence-electron chi connectivity index (χ0n) is 12.8. The maximum absolute atomic E-state index is 12.3. The minimum Gasteiger partial charge on any atom is -0.481 e. The number of hydrogen-bond acceptors (Lipinski definition) is 3. The molecule has 118 valence electrons. The number of carboxylic acids is 1. The van der Waals surface area contributed by atoms with Gasteiger partial charge in [0.25, 0.3) is 0 Å². The molecule has 1 N–H and O–H groups in total. The Morgan fingerprint density at radius 1 is 1.24 bits per heavy atom. The number of amides is 2. The van der Waals surface area contributed by atoms with Crippen molar-refractivity contribution in [3.63, 3.8) is 0 Å². The summed E-state index contributed by atoms with van der Waals surface area (Å²) in [5, 5.41) is 9.29. The van der Waals surface area contributed by atoms with E-state index in [1.54, 1.807) is 23.8 Å². The fraction of sp³-hybridized carbons (Fsp3) is 0.800. The van der Waals surface area contributed by atoms with E-state index in [1.165, 1.54) is 0 Å². The van der Waals surface area contributed by atoms with E-state index < -0.39 is 11.4 Å². The molecule has 0 radical (unpaired) electrons. The normalized spacial score (nSPS) is 21.5.